The van der Waals surface area contributed by atoms with Crippen LogP contribution in [0.1, 0.15) is 15.9 Å². The van der Waals surface area contributed by atoms with Crippen molar-refractivity contribution < 1.29 is 9.59 Å². The summed E-state index contributed by atoms with van der Waals surface area (Å²) in [4.78, 5) is 21.0. The van der Waals surface area contributed by atoms with Crippen LogP contribution in [-0.4, -0.2) is 12.2 Å². The summed E-state index contributed by atoms with van der Waals surface area (Å²) in [5.74, 6) is 3.88. The van der Waals surface area contributed by atoms with Crippen molar-refractivity contribution >= 4 is 23.8 Å². The highest BCUT2D eigenvalue weighted by molar-refractivity contribution is 6.30. The number of halogens is 1. The van der Waals surface area contributed by atoms with E-state index in [1.165, 1.54) is 6.07 Å². The van der Waals surface area contributed by atoms with Gasteiger partial charge in [-0.1, -0.05) is 17.5 Å². The molecule has 70 valence electrons. The average molecular weight is 208 g/mol. The van der Waals surface area contributed by atoms with Gasteiger partial charge in [-0.05, 0) is 18.2 Å². The van der Waals surface area contributed by atoms with E-state index in [1.807, 2.05) is 0 Å². The largest absolute Gasteiger partial charge is 0.359 e. The van der Waals surface area contributed by atoms with Crippen LogP contribution in [-0.2, 0) is 4.79 Å². The molecular formula is C10H6ClNO2. The van der Waals surface area contributed by atoms with Crippen LogP contribution in [0.15, 0.2) is 18.2 Å². The van der Waals surface area contributed by atoms with Gasteiger partial charge >= 0.3 is 0 Å². The molecule has 4 heteroatoms. The highest BCUT2D eigenvalue weighted by Crippen LogP contribution is 2.13. The maximum atomic E-state index is 10.6. The van der Waals surface area contributed by atoms with E-state index in [0.717, 1.165) is 0 Å². The first kappa shape index (κ1) is 10.3. The zero-order valence-electron chi connectivity index (χ0n) is 7.08. The fraction of sp³-hybridized carbons (Fsp3) is 0. The van der Waals surface area contributed by atoms with E-state index in [2.05, 4.69) is 11.8 Å². The first-order valence-corrected chi connectivity index (χ1v) is 4.07. The lowest BCUT2D eigenvalue weighted by atomic mass is 10.1. The van der Waals surface area contributed by atoms with Gasteiger partial charge in [0.1, 0.15) is 0 Å². The molecule has 1 amide bonds. The first-order valence-electron chi connectivity index (χ1n) is 3.69. The van der Waals surface area contributed by atoms with Crippen LogP contribution in [0.2, 0.25) is 5.02 Å². The van der Waals surface area contributed by atoms with Crippen molar-refractivity contribution in [2.45, 2.75) is 0 Å². The first-order chi connectivity index (χ1) is 6.63. The predicted molar refractivity (Wildman–Crippen MR) is 52.9 cm³/mol. The molecule has 0 spiro atoms. The minimum Gasteiger partial charge on any atom is -0.359 e. The lowest BCUT2D eigenvalue weighted by Gasteiger charge is -1.95. The van der Waals surface area contributed by atoms with Crippen molar-refractivity contribution in [3.63, 3.8) is 0 Å². The Morgan fingerprint density at radius 1 is 1.50 bits per heavy atom. The van der Waals surface area contributed by atoms with Gasteiger partial charge in [0.05, 0.1) is 0 Å². The highest BCUT2D eigenvalue weighted by atomic mass is 35.5. The Morgan fingerprint density at radius 3 is 2.79 bits per heavy atom. The second-order valence-corrected chi connectivity index (χ2v) is 2.90. The molecule has 1 rings (SSSR count). The van der Waals surface area contributed by atoms with Crippen molar-refractivity contribution in [1.29, 1.82) is 0 Å². The summed E-state index contributed by atoms with van der Waals surface area (Å²) in [7, 11) is 0. The summed E-state index contributed by atoms with van der Waals surface area (Å²) < 4.78 is 0. The molecule has 14 heavy (non-hydrogen) atoms. The van der Waals surface area contributed by atoms with Crippen molar-refractivity contribution in [2.24, 2.45) is 5.73 Å². The zero-order valence-corrected chi connectivity index (χ0v) is 7.84. The number of carbonyl (C=O) groups is 2. The number of carbonyl (C=O) groups excluding carboxylic acids is 2. The van der Waals surface area contributed by atoms with E-state index >= 15 is 0 Å². The third-order valence-corrected chi connectivity index (χ3v) is 1.70. The van der Waals surface area contributed by atoms with Gasteiger partial charge in [0.25, 0.3) is 5.91 Å². The number of benzene rings is 1. The Bertz CT molecular complexity index is 443. The van der Waals surface area contributed by atoms with Crippen LogP contribution >= 0.6 is 11.6 Å². The molecule has 0 atom stereocenters. The van der Waals surface area contributed by atoms with Gasteiger partial charge in [0.2, 0.25) is 0 Å². The monoisotopic (exact) mass is 207 g/mol. The number of aldehydes is 1. The number of hydrogen-bond acceptors (Lipinski definition) is 2. The molecule has 1 aromatic rings. The van der Waals surface area contributed by atoms with Crippen molar-refractivity contribution in [2.75, 3.05) is 0 Å². The smallest absolute Gasteiger partial charge is 0.293 e. The van der Waals surface area contributed by atoms with Gasteiger partial charge in [-0.2, -0.15) is 0 Å². The Hall–Kier alpha value is -1.79. The predicted octanol–water partition coefficient (Wildman–Crippen LogP) is 0.989. The van der Waals surface area contributed by atoms with E-state index in [1.54, 1.807) is 12.1 Å². The molecule has 0 aliphatic carbocycles. The van der Waals surface area contributed by atoms with Gasteiger partial charge in [-0.3, -0.25) is 9.59 Å². The van der Waals surface area contributed by atoms with Crippen LogP contribution in [0.25, 0.3) is 0 Å². The van der Waals surface area contributed by atoms with Gasteiger partial charge in [0, 0.05) is 22.1 Å². The van der Waals surface area contributed by atoms with E-state index in [4.69, 9.17) is 17.3 Å². The van der Waals surface area contributed by atoms with Gasteiger partial charge in [-0.15, -0.1) is 0 Å². The van der Waals surface area contributed by atoms with E-state index in [9.17, 15) is 9.59 Å². The normalized spacial score (nSPS) is 8.64. The standard InChI is InChI=1S/C10H6ClNO2/c11-9-3-1-7(2-4-10(12)14)8(5-9)6-13/h1,3,5-6H,(H2,12,14). The Morgan fingerprint density at radius 2 is 2.21 bits per heavy atom. The number of amides is 1. The molecule has 1 aromatic carbocycles. The van der Waals surface area contributed by atoms with Crippen LogP contribution in [0.4, 0.5) is 0 Å². The third kappa shape index (κ3) is 2.61. The molecule has 0 aliphatic rings. The lowest BCUT2D eigenvalue weighted by Crippen LogP contribution is -2.06. The molecular weight excluding hydrogens is 202 g/mol. The second kappa shape index (κ2) is 4.45. The van der Waals surface area contributed by atoms with Gasteiger partial charge in [-0.25, -0.2) is 0 Å². The summed E-state index contributed by atoms with van der Waals surface area (Å²) in [5, 5.41) is 0.441. The molecule has 0 fully saturated rings. The van der Waals surface area contributed by atoms with E-state index in [0.29, 0.717) is 22.4 Å². The summed E-state index contributed by atoms with van der Waals surface area (Å²) in [6.07, 6.45) is 0.622. The van der Waals surface area contributed by atoms with Crippen LogP contribution < -0.4 is 5.73 Å². The molecule has 0 unspecified atom stereocenters. The SMILES string of the molecule is NC(=O)C#Cc1ccc(Cl)cc1C=O. The quantitative estimate of drug-likeness (QED) is 0.552. The molecule has 3 nitrogen and oxygen atoms in total. The number of primary amides is 1. The summed E-state index contributed by atoms with van der Waals surface area (Å²) in [6.45, 7) is 0. The van der Waals surface area contributed by atoms with Gasteiger partial charge in [0.15, 0.2) is 6.29 Å². The fourth-order valence-corrected chi connectivity index (χ4v) is 1.05. The fourth-order valence-electron chi connectivity index (χ4n) is 0.874. The van der Waals surface area contributed by atoms with Crippen LogP contribution in [0, 0.1) is 11.8 Å². The van der Waals surface area contributed by atoms with Crippen molar-refractivity contribution in [1.82, 2.24) is 0 Å². The Kier molecular flexibility index (Phi) is 3.27. The van der Waals surface area contributed by atoms with Crippen LogP contribution in [0.3, 0.4) is 0 Å². The lowest BCUT2D eigenvalue weighted by molar-refractivity contribution is -0.112. The average Bonchev–Trinajstić information content (AvgIpc) is 2.15. The molecule has 0 saturated heterocycles. The molecule has 0 bridgehead atoms. The molecule has 0 aromatic heterocycles. The Labute approximate surface area is 85.9 Å². The molecule has 0 radical (unpaired) electrons. The minimum atomic E-state index is -0.739. The van der Waals surface area contributed by atoms with E-state index in [-0.39, 0.29) is 0 Å². The Balaban J connectivity index is 3.17. The third-order valence-electron chi connectivity index (χ3n) is 1.46. The van der Waals surface area contributed by atoms with Crippen molar-refractivity contribution in [3.05, 3.63) is 34.3 Å². The minimum absolute atomic E-state index is 0.339. The molecule has 0 saturated carbocycles. The number of nitrogens with two attached hydrogens (primary N) is 1. The zero-order chi connectivity index (χ0) is 10.6. The topological polar surface area (TPSA) is 60.2 Å². The maximum Gasteiger partial charge on any atom is 0.293 e. The van der Waals surface area contributed by atoms with Gasteiger partial charge < -0.3 is 5.73 Å². The van der Waals surface area contributed by atoms with Crippen LogP contribution in [0.5, 0.6) is 0 Å². The highest BCUT2D eigenvalue weighted by Gasteiger charge is 1.99. The summed E-state index contributed by atoms with van der Waals surface area (Å²) >= 11 is 5.66. The molecule has 0 aliphatic heterocycles. The summed E-state index contributed by atoms with van der Waals surface area (Å²) in [6, 6.07) is 4.61. The number of rotatable bonds is 1. The second-order valence-electron chi connectivity index (χ2n) is 2.46. The number of hydrogen-bond donors (Lipinski definition) is 1. The molecule has 2 N–H and O–H groups in total. The summed E-state index contributed by atoms with van der Waals surface area (Å²) in [5.41, 5.74) is 5.61. The maximum absolute atomic E-state index is 10.6. The van der Waals surface area contributed by atoms with Crippen molar-refractivity contribution in [3.8, 4) is 11.8 Å². The van der Waals surface area contributed by atoms with E-state index < -0.39 is 5.91 Å². The molecule has 0 heterocycles.